The average molecular weight is 404 g/mol. The van der Waals surface area contributed by atoms with Crippen LogP contribution >= 0.6 is 0 Å². The van der Waals surface area contributed by atoms with Crippen LogP contribution in [0.2, 0.25) is 0 Å². The molecule has 6 heteroatoms. The Morgan fingerprint density at radius 3 is 2.70 bits per heavy atom. The van der Waals surface area contributed by atoms with Crippen LogP contribution in [0.4, 0.5) is 10.5 Å². The average Bonchev–Trinajstić information content (AvgIpc) is 3.31. The van der Waals surface area contributed by atoms with E-state index < -0.39 is 5.54 Å². The van der Waals surface area contributed by atoms with Crippen molar-refractivity contribution >= 4 is 17.6 Å². The number of nitrogens with one attached hydrogen (secondary N) is 1. The molecule has 1 unspecified atom stereocenters. The molecule has 156 valence electrons. The Bertz CT molecular complexity index is 910. The second-order valence-electron chi connectivity index (χ2n) is 8.72. The van der Waals surface area contributed by atoms with Crippen molar-refractivity contribution in [3.63, 3.8) is 0 Å². The predicted octanol–water partition coefficient (Wildman–Crippen LogP) is 3.99. The van der Waals surface area contributed by atoms with Gasteiger partial charge in [0.25, 0.3) is 0 Å². The minimum Gasteiger partial charge on any atom is -0.296 e. The molecule has 0 bridgehead atoms. The maximum atomic E-state index is 13.1. The number of aromatic nitrogens is 1. The monoisotopic (exact) mass is 403 g/mol. The van der Waals surface area contributed by atoms with Crippen molar-refractivity contribution in [1.29, 1.82) is 0 Å². The first-order chi connectivity index (χ1) is 14.7. The molecule has 2 aliphatic heterocycles. The number of benzene rings is 1. The van der Waals surface area contributed by atoms with Crippen molar-refractivity contribution in [2.24, 2.45) is 4.99 Å². The van der Waals surface area contributed by atoms with E-state index >= 15 is 0 Å². The van der Waals surface area contributed by atoms with Crippen LogP contribution in [0.3, 0.4) is 0 Å². The number of amides is 2. The lowest BCUT2D eigenvalue weighted by molar-refractivity contribution is 0.250. The Labute approximate surface area is 178 Å². The molecule has 3 aliphatic rings. The van der Waals surface area contributed by atoms with Gasteiger partial charge in [0.05, 0.1) is 17.9 Å². The van der Waals surface area contributed by atoms with Crippen molar-refractivity contribution in [3.05, 3.63) is 60.4 Å². The molecule has 2 saturated heterocycles. The molecule has 0 radical (unpaired) electrons. The first-order valence-corrected chi connectivity index (χ1v) is 11.1. The number of hydrogen-bond donors (Lipinski definition) is 1. The van der Waals surface area contributed by atoms with Crippen LogP contribution in [-0.2, 0) is 6.54 Å². The van der Waals surface area contributed by atoms with Crippen LogP contribution in [0.25, 0.3) is 0 Å². The van der Waals surface area contributed by atoms with Crippen LogP contribution in [0.1, 0.15) is 44.1 Å². The fourth-order valence-electron chi connectivity index (χ4n) is 5.19. The lowest BCUT2D eigenvalue weighted by atomic mass is 9.93. The van der Waals surface area contributed by atoms with Crippen LogP contribution in [0.5, 0.6) is 0 Å². The third-order valence-corrected chi connectivity index (χ3v) is 6.66. The second kappa shape index (κ2) is 8.19. The molecule has 2 aromatic rings. The molecular formula is C24H29N5O. The third kappa shape index (κ3) is 3.60. The number of aliphatic imine (C=N–C) groups is 1. The van der Waals surface area contributed by atoms with Crippen molar-refractivity contribution < 1.29 is 4.79 Å². The molecule has 30 heavy (non-hydrogen) atoms. The van der Waals surface area contributed by atoms with Gasteiger partial charge in [-0.2, -0.15) is 0 Å². The van der Waals surface area contributed by atoms with Crippen LogP contribution < -0.4 is 10.2 Å². The van der Waals surface area contributed by atoms with Gasteiger partial charge in [-0.25, -0.2) is 4.79 Å². The van der Waals surface area contributed by atoms with E-state index in [1.54, 1.807) is 12.4 Å². The number of pyridine rings is 1. The Hall–Kier alpha value is -2.73. The van der Waals surface area contributed by atoms with E-state index in [1.807, 2.05) is 23.1 Å². The topological polar surface area (TPSA) is 60.8 Å². The predicted molar refractivity (Wildman–Crippen MR) is 119 cm³/mol. The van der Waals surface area contributed by atoms with Crippen LogP contribution in [0.15, 0.2) is 59.9 Å². The van der Waals surface area contributed by atoms with Crippen LogP contribution in [-0.4, -0.2) is 46.4 Å². The van der Waals surface area contributed by atoms with Gasteiger partial charge in [0.1, 0.15) is 11.4 Å². The number of anilines is 1. The zero-order valence-electron chi connectivity index (χ0n) is 17.3. The zero-order valence-corrected chi connectivity index (χ0v) is 17.3. The minimum absolute atomic E-state index is 0.0841. The van der Waals surface area contributed by atoms with Crippen molar-refractivity contribution in [3.8, 4) is 0 Å². The largest absolute Gasteiger partial charge is 0.328 e. The molecule has 1 aliphatic carbocycles. The van der Waals surface area contributed by atoms with E-state index in [-0.39, 0.29) is 6.03 Å². The zero-order chi connectivity index (χ0) is 20.4. The normalized spacial score (nSPS) is 26.6. The van der Waals surface area contributed by atoms with E-state index in [9.17, 15) is 4.79 Å². The highest BCUT2D eigenvalue weighted by atomic mass is 16.2. The highest BCUT2D eigenvalue weighted by Crippen LogP contribution is 2.38. The van der Waals surface area contributed by atoms with Gasteiger partial charge in [0.15, 0.2) is 0 Å². The summed E-state index contributed by atoms with van der Waals surface area (Å²) < 4.78 is 0. The smallest absolute Gasteiger partial charge is 0.296 e. The van der Waals surface area contributed by atoms with Crippen molar-refractivity contribution in [1.82, 2.24) is 15.2 Å². The van der Waals surface area contributed by atoms with Crippen LogP contribution in [0, 0.1) is 0 Å². The number of hydrogen-bond acceptors (Lipinski definition) is 4. The molecule has 1 N–H and O–H groups in total. The van der Waals surface area contributed by atoms with Crippen molar-refractivity contribution in [2.45, 2.75) is 56.7 Å². The van der Waals surface area contributed by atoms with Gasteiger partial charge in [-0.05, 0) is 37.0 Å². The molecule has 6 nitrogen and oxygen atoms in total. The van der Waals surface area contributed by atoms with E-state index in [0.717, 1.165) is 50.4 Å². The van der Waals surface area contributed by atoms with E-state index in [2.05, 4.69) is 39.5 Å². The molecule has 1 aromatic heterocycles. The number of likely N-dealkylation sites (tertiary alicyclic amines) is 1. The maximum Gasteiger partial charge on any atom is 0.328 e. The SMILES string of the molecule is O=C1NC(=NC2CCCCC2)C2(CCN(Cc3ccccc3)C2)N1c1cccnc1. The van der Waals surface area contributed by atoms with E-state index in [1.165, 1.54) is 24.8 Å². The van der Waals surface area contributed by atoms with Gasteiger partial charge in [0, 0.05) is 25.8 Å². The number of carbonyl (C=O) groups is 1. The second-order valence-corrected chi connectivity index (χ2v) is 8.72. The van der Waals surface area contributed by atoms with Gasteiger partial charge in [-0.15, -0.1) is 0 Å². The number of urea groups is 1. The number of carbonyl (C=O) groups excluding carboxylic acids is 1. The summed E-state index contributed by atoms with van der Waals surface area (Å²) in [5.41, 5.74) is 1.70. The van der Waals surface area contributed by atoms with Crippen molar-refractivity contribution in [2.75, 3.05) is 18.0 Å². The summed E-state index contributed by atoms with van der Waals surface area (Å²) in [5.74, 6) is 0.860. The summed E-state index contributed by atoms with van der Waals surface area (Å²) in [7, 11) is 0. The van der Waals surface area contributed by atoms with Gasteiger partial charge in [0.2, 0.25) is 0 Å². The fourth-order valence-corrected chi connectivity index (χ4v) is 5.19. The molecule has 3 heterocycles. The Morgan fingerprint density at radius 1 is 1.10 bits per heavy atom. The van der Waals surface area contributed by atoms with Gasteiger partial charge in [-0.1, -0.05) is 49.6 Å². The molecule has 5 rings (SSSR count). The summed E-state index contributed by atoms with van der Waals surface area (Å²) in [6.07, 6.45) is 10.4. The summed E-state index contributed by atoms with van der Waals surface area (Å²) in [6.45, 7) is 2.60. The first kappa shape index (κ1) is 19.2. The van der Waals surface area contributed by atoms with Gasteiger partial charge < -0.3 is 0 Å². The summed E-state index contributed by atoms with van der Waals surface area (Å²) in [4.78, 5) is 26.9. The third-order valence-electron chi connectivity index (χ3n) is 6.66. The lowest BCUT2D eigenvalue weighted by Gasteiger charge is -2.34. The quantitative estimate of drug-likeness (QED) is 0.840. The number of rotatable bonds is 4. The van der Waals surface area contributed by atoms with Gasteiger partial charge in [-0.3, -0.25) is 25.1 Å². The molecule has 1 atom stereocenters. The first-order valence-electron chi connectivity index (χ1n) is 11.1. The van der Waals surface area contributed by atoms with E-state index in [0.29, 0.717) is 6.04 Å². The maximum absolute atomic E-state index is 13.1. The molecular weight excluding hydrogens is 374 g/mol. The summed E-state index contributed by atoms with van der Waals surface area (Å²) >= 11 is 0. The summed E-state index contributed by atoms with van der Waals surface area (Å²) in [6, 6.07) is 14.6. The Kier molecular flexibility index (Phi) is 5.25. The summed E-state index contributed by atoms with van der Waals surface area (Å²) in [5, 5.41) is 3.15. The number of nitrogens with zero attached hydrogens (tertiary/aromatic N) is 4. The molecule has 3 fully saturated rings. The van der Waals surface area contributed by atoms with E-state index in [4.69, 9.17) is 4.99 Å². The lowest BCUT2D eigenvalue weighted by Crippen LogP contribution is -2.52. The molecule has 2 amide bonds. The van der Waals surface area contributed by atoms with Gasteiger partial charge >= 0.3 is 6.03 Å². The highest BCUT2D eigenvalue weighted by molar-refractivity contribution is 6.19. The standard InChI is InChI=1S/C24H29N5O/c30-23-27-22(26-20-10-5-2-6-11-20)24(29(23)21-12-7-14-25-16-21)13-15-28(18-24)17-19-8-3-1-4-9-19/h1,3-4,7-9,12,14,16,20H,2,5-6,10-11,13,15,17-18H2,(H,26,27,30). The molecule has 1 saturated carbocycles. The Balaban J connectivity index is 1.47. The number of amidine groups is 1. The molecule has 1 spiro atoms. The highest BCUT2D eigenvalue weighted by Gasteiger charge is 2.55. The minimum atomic E-state index is -0.438. The Morgan fingerprint density at radius 2 is 1.93 bits per heavy atom. The molecule has 1 aromatic carbocycles. The fraction of sp³-hybridized carbons (Fsp3) is 0.458.